The monoisotopic (exact) mass is 566 g/mol. The largest absolute Gasteiger partial charge is 0.377 e. The van der Waals surface area contributed by atoms with Crippen LogP contribution in [0.15, 0.2) is 35.5 Å². The Balaban J connectivity index is 1.50. The standard InChI is InChI=1S/C30H42N6O3S/c1-20-12-14-22(15-13-20)18-36-26-27(31-21(2)23-10-7-11-23)32-29(40(3,37)38)33-28(26)34-30(36)35-16-17-39-19-25(35)24-8-5-4-6-9-24/h4-6,8-9,20-23,25H,7,10-19H2,1-3H3,(H,31,32,33). The highest BCUT2D eigenvalue weighted by molar-refractivity contribution is 7.90. The molecule has 40 heavy (non-hydrogen) atoms. The van der Waals surface area contributed by atoms with Crippen LogP contribution in [0, 0.1) is 17.8 Å². The Bertz CT molecular complexity index is 1430. The molecule has 0 bridgehead atoms. The quantitative estimate of drug-likeness (QED) is 0.370. The highest BCUT2D eigenvalue weighted by Crippen LogP contribution is 2.38. The van der Waals surface area contributed by atoms with Crippen molar-refractivity contribution in [3.05, 3.63) is 35.9 Å². The van der Waals surface area contributed by atoms with E-state index in [1.807, 2.05) is 6.07 Å². The predicted octanol–water partition coefficient (Wildman–Crippen LogP) is 5.23. The molecular formula is C30H42N6O3S. The van der Waals surface area contributed by atoms with Gasteiger partial charge in [0.25, 0.3) is 5.16 Å². The molecule has 10 heteroatoms. The molecule has 3 fully saturated rings. The zero-order valence-corrected chi connectivity index (χ0v) is 24.7. The van der Waals surface area contributed by atoms with Gasteiger partial charge in [0, 0.05) is 25.4 Å². The first kappa shape index (κ1) is 27.4. The third-order valence-corrected chi connectivity index (χ3v) is 10.1. The maximum atomic E-state index is 12.7. The molecule has 0 radical (unpaired) electrons. The van der Waals surface area contributed by atoms with Crippen molar-refractivity contribution in [2.75, 3.05) is 36.2 Å². The van der Waals surface area contributed by atoms with E-state index in [0.717, 1.165) is 23.9 Å². The van der Waals surface area contributed by atoms with Gasteiger partial charge in [0.1, 0.15) is 5.52 Å². The molecule has 2 saturated carbocycles. The second-order valence-corrected chi connectivity index (χ2v) is 14.2. The Morgan fingerprint density at radius 1 is 1.05 bits per heavy atom. The molecule has 2 aromatic heterocycles. The smallest absolute Gasteiger partial charge is 0.250 e. The summed E-state index contributed by atoms with van der Waals surface area (Å²) in [6, 6.07) is 10.6. The van der Waals surface area contributed by atoms with Crippen LogP contribution in [-0.2, 0) is 21.1 Å². The number of fused-ring (bicyclic) bond motifs is 1. The van der Waals surface area contributed by atoms with E-state index in [1.165, 1.54) is 56.8 Å². The van der Waals surface area contributed by atoms with Gasteiger partial charge in [0.15, 0.2) is 11.5 Å². The molecule has 1 aliphatic heterocycles. The highest BCUT2D eigenvalue weighted by Gasteiger charge is 2.33. The first-order chi connectivity index (χ1) is 19.3. The number of aromatic nitrogens is 4. The van der Waals surface area contributed by atoms with Crippen molar-refractivity contribution in [1.82, 2.24) is 19.5 Å². The van der Waals surface area contributed by atoms with E-state index in [-0.39, 0.29) is 17.2 Å². The van der Waals surface area contributed by atoms with Crippen molar-refractivity contribution in [2.24, 2.45) is 17.8 Å². The van der Waals surface area contributed by atoms with E-state index in [1.54, 1.807) is 0 Å². The number of hydrogen-bond acceptors (Lipinski definition) is 8. The molecule has 1 N–H and O–H groups in total. The van der Waals surface area contributed by atoms with Crippen LogP contribution in [-0.4, -0.2) is 60.0 Å². The SMILES string of the molecule is CC1CCC(Cn2c(N3CCOCC3c3ccccc3)nc3nc(S(C)(=O)=O)nc(NC(C)C4CCC4)c32)CC1. The van der Waals surface area contributed by atoms with Gasteiger partial charge in [-0.1, -0.05) is 56.5 Å². The molecule has 2 unspecified atom stereocenters. The summed E-state index contributed by atoms with van der Waals surface area (Å²) in [7, 11) is -3.63. The summed E-state index contributed by atoms with van der Waals surface area (Å²) in [5.41, 5.74) is 2.42. The first-order valence-corrected chi connectivity index (χ1v) is 16.8. The average molecular weight is 567 g/mol. The fourth-order valence-corrected chi connectivity index (χ4v) is 7.01. The number of benzene rings is 1. The number of morpholine rings is 1. The lowest BCUT2D eigenvalue weighted by Crippen LogP contribution is -2.41. The molecule has 1 aromatic carbocycles. The molecule has 3 heterocycles. The minimum absolute atomic E-state index is 0.00420. The Hall–Kier alpha value is -2.72. The van der Waals surface area contributed by atoms with E-state index < -0.39 is 9.84 Å². The van der Waals surface area contributed by atoms with E-state index in [0.29, 0.717) is 43.1 Å². The average Bonchev–Trinajstić information content (AvgIpc) is 3.27. The van der Waals surface area contributed by atoms with Crippen LogP contribution in [0.25, 0.3) is 11.2 Å². The zero-order valence-electron chi connectivity index (χ0n) is 23.9. The van der Waals surface area contributed by atoms with Crippen molar-refractivity contribution < 1.29 is 13.2 Å². The Labute approximate surface area is 237 Å². The van der Waals surface area contributed by atoms with Gasteiger partial charge in [-0.15, -0.1) is 0 Å². The topological polar surface area (TPSA) is 102 Å². The van der Waals surface area contributed by atoms with E-state index >= 15 is 0 Å². The molecule has 2 aliphatic carbocycles. The first-order valence-electron chi connectivity index (χ1n) is 14.9. The number of sulfone groups is 1. The van der Waals surface area contributed by atoms with Gasteiger partial charge in [-0.05, 0) is 55.9 Å². The van der Waals surface area contributed by atoms with Crippen LogP contribution < -0.4 is 10.2 Å². The van der Waals surface area contributed by atoms with Crippen molar-refractivity contribution >= 4 is 32.8 Å². The third kappa shape index (κ3) is 5.57. The molecule has 0 spiro atoms. The van der Waals surface area contributed by atoms with Crippen LogP contribution in [0.3, 0.4) is 0 Å². The van der Waals surface area contributed by atoms with E-state index in [4.69, 9.17) is 9.72 Å². The van der Waals surface area contributed by atoms with Crippen LogP contribution in [0.4, 0.5) is 11.8 Å². The lowest BCUT2D eigenvalue weighted by molar-refractivity contribution is 0.0927. The summed E-state index contributed by atoms with van der Waals surface area (Å²) in [5, 5.41) is 3.45. The van der Waals surface area contributed by atoms with E-state index in [9.17, 15) is 8.42 Å². The molecule has 1 saturated heterocycles. The Kier molecular flexibility index (Phi) is 7.74. The summed E-state index contributed by atoms with van der Waals surface area (Å²) < 4.78 is 33.6. The van der Waals surface area contributed by atoms with Crippen LogP contribution in [0.5, 0.6) is 0 Å². The minimum atomic E-state index is -3.63. The summed E-state index contributed by atoms with van der Waals surface area (Å²) in [6.45, 7) is 7.20. The molecule has 216 valence electrons. The van der Waals surface area contributed by atoms with Crippen molar-refractivity contribution in [3.8, 4) is 0 Å². The maximum Gasteiger partial charge on any atom is 0.250 e. The normalized spacial score (nSPS) is 25.1. The zero-order chi connectivity index (χ0) is 27.9. The number of anilines is 2. The predicted molar refractivity (Wildman–Crippen MR) is 157 cm³/mol. The second kappa shape index (κ2) is 11.3. The molecule has 6 rings (SSSR count). The molecule has 0 amide bonds. The fraction of sp³-hybridized carbons (Fsp3) is 0.633. The third-order valence-electron chi connectivity index (χ3n) is 9.26. The summed E-state index contributed by atoms with van der Waals surface area (Å²) in [4.78, 5) is 16.6. The molecule has 3 aliphatic rings. The van der Waals surface area contributed by atoms with Gasteiger partial charge in [-0.2, -0.15) is 15.0 Å². The van der Waals surface area contributed by atoms with Crippen molar-refractivity contribution in [2.45, 2.75) is 82.6 Å². The molecule has 3 aromatic rings. The maximum absolute atomic E-state index is 12.7. The summed E-state index contributed by atoms with van der Waals surface area (Å²) in [6.07, 6.45) is 9.58. The lowest BCUT2D eigenvalue weighted by atomic mass is 9.80. The number of hydrogen-bond donors (Lipinski definition) is 1. The van der Waals surface area contributed by atoms with Gasteiger partial charge < -0.3 is 19.5 Å². The highest BCUT2D eigenvalue weighted by atomic mass is 32.2. The van der Waals surface area contributed by atoms with Gasteiger partial charge in [-0.25, -0.2) is 8.42 Å². The van der Waals surface area contributed by atoms with Crippen LogP contribution in [0.2, 0.25) is 0 Å². The van der Waals surface area contributed by atoms with Crippen molar-refractivity contribution in [1.29, 1.82) is 0 Å². The lowest BCUT2D eigenvalue weighted by Gasteiger charge is -2.37. The number of rotatable bonds is 8. The number of nitrogens with zero attached hydrogens (tertiary/aromatic N) is 5. The van der Waals surface area contributed by atoms with Crippen LogP contribution >= 0.6 is 0 Å². The van der Waals surface area contributed by atoms with Gasteiger partial charge in [0.2, 0.25) is 15.8 Å². The number of imidazole rings is 1. The molecule has 9 nitrogen and oxygen atoms in total. The van der Waals surface area contributed by atoms with Gasteiger partial charge in [0.05, 0.1) is 19.3 Å². The second-order valence-electron chi connectivity index (χ2n) is 12.3. The summed E-state index contributed by atoms with van der Waals surface area (Å²) >= 11 is 0. The Morgan fingerprint density at radius 3 is 2.48 bits per heavy atom. The molecule has 2 atom stereocenters. The van der Waals surface area contributed by atoms with Crippen molar-refractivity contribution in [3.63, 3.8) is 0 Å². The van der Waals surface area contributed by atoms with Crippen LogP contribution in [0.1, 0.15) is 70.4 Å². The van der Waals surface area contributed by atoms with Gasteiger partial charge >= 0.3 is 0 Å². The van der Waals surface area contributed by atoms with E-state index in [2.05, 4.69) is 62.9 Å². The number of ether oxygens (including phenoxy) is 1. The Morgan fingerprint density at radius 2 is 1.80 bits per heavy atom. The summed E-state index contributed by atoms with van der Waals surface area (Å²) in [5.74, 6) is 3.25. The fourth-order valence-electron chi connectivity index (χ4n) is 6.50. The minimum Gasteiger partial charge on any atom is -0.377 e. The number of nitrogens with one attached hydrogen (secondary N) is 1. The molecular weight excluding hydrogens is 524 g/mol. The van der Waals surface area contributed by atoms with Gasteiger partial charge in [-0.3, -0.25) is 0 Å².